The number of carbonyl (C=O) groups excluding carboxylic acids is 1. The fraction of sp³-hybridized carbons (Fsp3) is 0.417. The molecule has 1 aromatic rings. The van der Waals surface area contributed by atoms with Gasteiger partial charge in [0, 0.05) is 18.7 Å². The number of nitrogens with zero attached hydrogens (tertiary/aromatic N) is 2. The quantitative estimate of drug-likeness (QED) is 0.600. The summed E-state index contributed by atoms with van der Waals surface area (Å²) < 4.78 is 0. The molecule has 0 aliphatic heterocycles. The van der Waals surface area contributed by atoms with E-state index in [9.17, 15) is 14.9 Å². The standard InChI is InChI=1S/C12H17N3O3/c1-14(2)9-12(16)13-8-7-10-3-5-11(6-4-10)15(17)18/h3-6H,7-9H2,1-2H3,(H,13,16). The molecule has 18 heavy (non-hydrogen) atoms. The van der Waals surface area contributed by atoms with Gasteiger partial charge in [0.25, 0.3) is 5.69 Å². The van der Waals surface area contributed by atoms with Gasteiger partial charge in [0.2, 0.25) is 5.91 Å². The van der Waals surface area contributed by atoms with Crippen LogP contribution in [0.15, 0.2) is 24.3 Å². The average molecular weight is 251 g/mol. The van der Waals surface area contributed by atoms with Gasteiger partial charge < -0.3 is 10.2 Å². The topological polar surface area (TPSA) is 75.5 Å². The van der Waals surface area contributed by atoms with E-state index in [1.807, 2.05) is 14.1 Å². The maximum absolute atomic E-state index is 11.3. The van der Waals surface area contributed by atoms with Crippen molar-refractivity contribution in [1.82, 2.24) is 10.2 Å². The maximum atomic E-state index is 11.3. The number of nitro groups is 1. The second-order valence-electron chi connectivity index (χ2n) is 4.26. The molecule has 0 radical (unpaired) electrons. The minimum atomic E-state index is -0.428. The number of hydrogen-bond donors (Lipinski definition) is 1. The Labute approximate surface area is 106 Å². The van der Waals surface area contributed by atoms with Crippen LogP contribution in [0.1, 0.15) is 5.56 Å². The molecule has 0 heterocycles. The number of carbonyl (C=O) groups is 1. The molecule has 1 rings (SSSR count). The zero-order chi connectivity index (χ0) is 13.5. The zero-order valence-corrected chi connectivity index (χ0v) is 10.5. The van der Waals surface area contributed by atoms with Crippen LogP contribution >= 0.6 is 0 Å². The van der Waals surface area contributed by atoms with E-state index in [4.69, 9.17) is 0 Å². The van der Waals surface area contributed by atoms with Gasteiger partial charge in [-0.2, -0.15) is 0 Å². The third-order valence-electron chi connectivity index (χ3n) is 2.34. The summed E-state index contributed by atoms with van der Waals surface area (Å²) in [6.07, 6.45) is 0.664. The van der Waals surface area contributed by atoms with Crippen LogP contribution in [-0.4, -0.2) is 42.9 Å². The Morgan fingerprint density at radius 1 is 1.33 bits per heavy atom. The lowest BCUT2D eigenvalue weighted by atomic mass is 10.1. The van der Waals surface area contributed by atoms with Gasteiger partial charge in [-0.05, 0) is 26.1 Å². The van der Waals surface area contributed by atoms with E-state index in [0.29, 0.717) is 19.5 Å². The average Bonchev–Trinajstić information content (AvgIpc) is 2.28. The first kappa shape index (κ1) is 14.1. The Morgan fingerprint density at radius 2 is 1.94 bits per heavy atom. The van der Waals surface area contributed by atoms with Crippen molar-refractivity contribution in [1.29, 1.82) is 0 Å². The Balaban J connectivity index is 2.35. The summed E-state index contributed by atoms with van der Waals surface area (Å²) in [5.41, 5.74) is 1.04. The smallest absolute Gasteiger partial charge is 0.269 e. The molecule has 0 atom stereocenters. The predicted octanol–water partition coefficient (Wildman–Crippen LogP) is 0.815. The van der Waals surface area contributed by atoms with Gasteiger partial charge in [0.1, 0.15) is 0 Å². The van der Waals surface area contributed by atoms with Gasteiger partial charge >= 0.3 is 0 Å². The Morgan fingerprint density at radius 3 is 2.44 bits per heavy atom. The van der Waals surface area contributed by atoms with Gasteiger partial charge in [-0.1, -0.05) is 12.1 Å². The summed E-state index contributed by atoms with van der Waals surface area (Å²) in [4.78, 5) is 23.2. The number of nitrogens with one attached hydrogen (secondary N) is 1. The molecular weight excluding hydrogens is 234 g/mol. The minimum absolute atomic E-state index is 0.0260. The normalized spacial score (nSPS) is 10.4. The van der Waals surface area contributed by atoms with Crippen LogP contribution in [-0.2, 0) is 11.2 Å². The molecule has 1 aromatic carbocycles. The van der Waals surface area contributed by atoms with Crippen LogP contribution in [0.25, 0.3) is 0 Å². The van der Waals surface area contributed by atoms with Crippen LogP contribution in [0.3, 0.4) is 0 Å². The van der Waals surface area contributed by atoms with Crippen LogP contribution in [0.2, 0.25) is 0 Å². The predicted molar refractivity (Wildman–Crippen MR) is 68.4 cm³/mol. The molecule has 0 fully saturated rings. The van der Waals surface area contributed by atoms with Gasteiger partial charge in [0.15, 0.2) is 0 Å². The number of nitro benzene ring substituents is 1. The number of likely N-dealkylation sites (N-methyl/N-ethyl adjacent to an activating group) is 1. The lowest BCUT2D eigenvalue weighted by molar-refractivity contribution is -0.384. The number of benzene rings is 1. The molecule has 0 bridgehead atoms. The van der Waals surface area contributed by atoms with Gasteiger partial charge in [-0.15, -0.1) is 0 Å². The minimum Gasteiger partial charge on any atom is -0.355 e. The first-order valence-electron chi connectivity index (χ1n) is 5.64. The van der Waals surface area contributed by atoms with Crippen LogP contribution in [0, 0.1) is 10.1 Å². The summed E-state index contributed by atoms with van der Waals surface area (Å²) in [7, 11) is 3.66. The molecule has 0 aliphatic carbocycles. The third kappa shape index (κ3) is 4.92. The Hall–Kier alpha value is -1.95. The summed E-state index contributed by atoms with van der Waals surface area (Å²) in [5.74, 6) is -0.0260. The number of amides is 1. The molecule has 1 N–H and O–H groups in total. The van der Waals surface area contributed by atoms with Crippen molar-refractivity contribution in [2.75, 3.05) is 27.2 Å². The first-order valence-corrected chi connectivity index (χ1v) is 5.64. The molecule has 0 aromatic heterocycles. The maximum Gasteiger partial charge on any atom is 0.269 e. The highest BCUT2D eigenvalue weighted by atomic mass is 16.6. The Kier molecular flexibility index (Phi) is 5.26. The van der Waals surface area contributed by atoms with Gasteiger partial charge in [0.05, 0.1) is 11.5 Å². The molecule has 0 unspecified atom stereocenters. The molecule has 0 aliphatic rings. The van der Waals surface area contributed by atoms with Crippen molar-refractivity contribution in [2.45, 2.75) is 6.42 Å². The molecule has 0 spiro atoms. The lowest BCUT2D eigenvalue weighted by Gasteiger charge is -2.09. The van der Waals surface area contributed by atoms with E-state index < -0.39 is 4.92 Å². The van der Waals surface area contributed by atoms with Crippen LogP contribution in [0.5, 0.6) is 0 Å². The van der Waals surface area contributed by atoms with Gasteiger partial charge in [-0.3, -0.25) is 14.9 Å². The van der Waals surface area contributed by atoms with Crippen molar-refractivity contribution in [3.8, 4) is 0 Å². The van der Waals surface area contributed by atoms with Crippen molar-refractivity contribution in [3.05, 3.63) is 39.9 Å². The molecule has 1 amide bonds. The second kappa shape index (κ2) is 6.70. The SMILES string of the molecule is CN(C)CC(=O)NCCc1ccc([N+](=O)[O-])cc1. The van der Waals surface area contributed by atoms with E-state index in [-0.39, 0.29) is 11.6 Å². The molecule has 0 saturated carbocycles. The Bertz CT molecular complexity index is 415. The molecule has 98 valence electrons. The summed E-state index contributed by atoms with van der Waals surface area (Å²) in [5, 5.41) is 13.2. The summed E-state index contributed by atoms with van der Waals surface area (Å²) >= 11 is 0. The van der Waals surface area contributed by atoms with Gasteiger partial charge in [-0.25, -0.2) is 0 Å². The highest BCUT2D eigenvalue weighted by Crippen LogP contribution is 2.11. The fourth-order valence-electron chi connectivity index (χ4n) is 1.47. The van der Waals surface area contributed by atoms with E-state index in [0.717, 1.165) is 5.56 Å². The molecule has 6 nitrogen and oxygen atoms in total. The largest absolute Gasteiger partial charge is 0.355 e. The monoisotopic (exact) mass is 251 g/mol. The number of rotatable bonds is 6. The first-order chi connectivity index (χ1) is 8.49. The second-order valence-corrected chi connectivity index (χ2v) is 4.26. The van der Waals surface area contributed by atoms with Crippen molar-refractivity contribution >= 4 is 11.6 Å². The molecular formula is C12H17N3O3. The van der Waals surface area contributed by atoms with E-state index in [1.54, 1.807) is 17.0 Å². The van der Waals surface area contributed by atoms with Crippen LogP contribution < -0.4 is 5.32 Å². The molecule has 6 heteroatoms. The lowest BCUT2D eigenvalue weighted by Crippen LogP contribution is -2.34. The van der Waals surface area contributed by atoms with Crippen molar-refractivity contribution in [3.63, 3.8) is 0 Å². The zero-order valence-electron chi connectivity index (χ0n) is 10.5. The third-order valence-corrected chi connectivity index (χ3v) is 2.34. The van der Waals surface area contributed by atoms with E-state index >= 15 is 0 Å². The van der Waals surface area contributed by atoms with E-state index in [1.165, 1.54) is 12.1 Å². The highest BCUT2D eigenvalue weighted by molar-refractivity contribution is 5.77. The number of hydrogen-bond acceptors (Lipinski definition) is 4. The molecule has 0 saturated heterocycles. The fourth-order valence-corrected chi connectivity index (χ4v) is 1.47. The van der Waals surface area contributed by atoms with Crippen molar-refractivity contribution in [2.24, 2.45) is 0 Å². The van der Waals surface area contributed by atoms with Crippen molar-refractivity contribution < 1.29 is 9.72 Å². The number of non-ortho nitro benzene ring substituents is 1. The summed E-state index contributed by atoms with van der Waals surface area (Å²) in [6, 6.07) is 6.35. The van der Waals surface area contributed by atoms with E-state index in [2.05, 4.69) is 5.32 Å². The van der Waals surface area contributed by atoms with Crippen LogP contribution in [0.4, 0.5) is 5.69 Å². The highest BCUT2D eigenvalue weighted by Gasteiger charge is 2.05. The summed E-state index contributed by atoms with van der Waals surface area (Å²) in [6.45, 7) is 0.894.